The van der Waals surface area contributed by atoms with Crippen LogP contribution >= 0.6 is 0 Å². The van der Waals surface area contributed by atoms with Crippen molar-refractivity contribution in [2.75, 3.05) is 0 Å². The standard InChI is InChI=1S/C13H24O/c1-12(2)6-3-4-11(10-12)5-7-13(14)8-9-13/h11,14H,3-10H2,1-2H3. The molecule has 1 unspecified atom stereocenters. The van der Waals surface area contributed by atoms with Crippen LogP contribution in [0.15, 0.2) is 0 Å². The first-order valence-electron chi connectivity index (χ1n) is 6.22. The van der Waals surface area contributed by atoms with Crippen LogP contribution < -0.4 is 0 Å². The van der Waals surface area contributed by atoms with Gasteiger partial charge in [-0.05, 0) is 49.9 Å². The van der Waals surface area contributed by atoms with Crippen LogP contribution in [-0.4, -0.2) is 10.7 Å². The first-order chi connectivity index (χ1) is 6.49. The van der Waals surface area contributed by atoms with Crippen molar-refractivity contribution in [3.63, 3.8) is 0 Å². The summed E-state index contributed by atoms with van der Waals surface area (Å²) in [5.41, 5.74) is 0.344. The van der Waals surface area contributed by atoms with Gasteiger partial charge in [-0.1, -0.05) is 26.7 Å². The highest BCUT2D eigenvalue weighted by atomic mass is 16.3. The second kappa shape index (κ2) is 3.52. The molecule has 0 heterocycles. The van der Waals surface area contributed by atoms with E-state index < -0.39 is 0 Å². The smallest absolute Gasteiger partial charge is 0.0650 e. The largest absolute Gasteiger partial charge is 0.390 e. The van der Waals surface area contributed by atoms with E-state index in [1.54, 1.807) is 0 Å². The fourth-order valence-corrected chi connectivity index (χ4v) is 2.97. The lowest BCUT2D eigenvalue weighted by molar-refractivity contribution is 0.110. The Morgan fingerprint density at radius 3 is 2.50 bits per heavy atom. The van der Waals surface area contributed by atoms with E-state index in [0.29, 0.717) is 5.41 Å². The third-order valence-electron chi connectivity index (χ3n) is 4.15. The molecule has 0 aromatic carbocycles. The molecule has 1 heteroatoms. The molecular weight excluding hydrogens is 172 g/mol. The quantitative estimate of drug-likeness (QED) is 0.732. The van der Waals surface area contributed by atoms with Crippen molar-refractivity contribution in [2.24, 2.45) is 11.3 Å². The predicted octanol–water partition coefficient (Wildman–Crippen LogP) is 3.51. The molecule has 0 bridgehead atoms. The van der Waals surface area contributed by atoms with E-state index in [1.807, 2.05) is 0 Å². The minimum Gasteiger partial charge on any atom is -0.390 e. The molecule has 0 radical (unpaired) electrons. The topological polar surface area (TPSA) is 20.2 Å². The zero-order chi connectivity index (χ0) is 10.2. The molecule has 0 aromatic heterocycles. The Balaban J connectivity index is 1.75. The third kappa shape index (κ3) is 2.73. The molecule has 2 saturated carbocycles. The lowest BCUT2D eigenvalue weighted by Gasteiger charge is -2.35. The van der Waals surface area contributed by atoms with Crippen molar-refractivity contribution in [1.29, 1.82) is 0 Å². The average Bonchev–Trinajstić information content (AvgIpc) is 2.80. The Hall–Kier alpha value is -0.0400. The first kappa shape index (κ1) is 10.5. The normalized spacial score (nSPS) is 34.1. The van der Waals surface area contributed by atoms with Gasteiger partial charge in [-0.3, -0.25) is 0 Å². The maximum Gasteiger partial charge on any atom is 0.0650 e. The second-order valence-electron chi connectivity index (χ2n) is 6.39. The van der Waals surface area contributed by atoms with Gasteiger partial charge in [-0.25, -0.2) is 0 Å². The van der Waals surface area contributed by atoms with Crippen molar-refractivity contribution < 1.29 is 5.11 Å². The highest BCUT2D eigenvalue weighted by Gasteiger charge is 2.40. The Bertz CT molecular complexity index is 203. The molecule has 1 N–H and O–H groups in total. The van der Waals surface area contributed by atoms with Crippen LogP contribution in [0.25, 0.3) is 0 Å². The van der Waals surface area contributed by atoms with Gasteiger partial charge in [0.2, 0.25) is 0 Å². The minimum absolute atomic E-state index is 0.221. The number of hydrogen-bond donors (Lipinski definition) is 1. The van der Waals surface area contributed by atoms with Crippen molar-refractivity contribution in [2.45, 2.75) is 70.8 Å². The summed E-state index contributed by atoms with van der Waals surface area (Å²) >= 11 is 0. The zero-order valence-corrected chi connectivity index (χ0v) is 9.68. The summed E-state index contributed by atoms with van der Waals surface area (Å²) in [6, 6.07) is 0. The highest BCUT2D eigenvalue weighted by molar-refractivity contribution is 4.94. The van der Waals surface area contributed by atoms with Crippen LogP contribution in [0.5, 0.6) is 0 Å². The molecule has 82 valence electrons. The molecule has 0 amide bonds. The van der Waals surface area contributed by atoms with Crippen LogP contribution in [0.1, 0.15) is 65.2 Å². The zero-order valence-electron chi connectivity index (χ0n) is 9.68. The molecule has 14 heavy (non-hydrogen) atoms. The van der Waals surface area contributed by atoms with Gasteiger partial charge in [0.25, 0.3) is 0 Å². The molecule has 1 atom stereocenters. The lowest BCUT2D eigenvalue weighted by atomic mass is 9.71. The van der Waals surface area contributed by atoms with Gasteiger partial charge in [0.15, 0.2) is 0 Å². The minimum atomic E-state index is -0.221. The molecule has 2 aliphatic carbocycles. The van der Waals surface area contributed by atoms with Crippen molar-refractivity contribution in [3.05, 3.63) is 0 Å². The lowest BCUT2D eigenvalue weighted by Crippen LogP contribution is -2.23. The molecule has 0 aliphatic heterocycles. The van der Waals surface area contributed by atoms with E-state index in [9.17, 15) is 5.11 Å². The van der Waals surface area contributed by atoms with Gasteiger partial charge < -0.3 is 5.11 Å². The molecule has 2 fully saturated rings. The average molecular weight is 196 g/mol. The highest BCUT2D eigenvalue weighted by Crippen LogP contribution is 2.44. The Labute approximate surface area is 87.9 Å². The molecule has 2 rings (SSSR count). The Morgan fingerprint density at radius 1 is 1.21 bits per heavy atom. The van der Waals surface area contributed by atoms with E-state index in [0.717, 1.165) is 25.2 Å². The Kier molecular flexibility index (Phi) is 2.63. The van der Waals surface area contributed by atoms with Crippen LogP contribution in [0.2, 0.25) is 0 Å². The maximum absolute atomic E-state index is 9.79. The monoisotopic (exact) mass is 196 g/mol. The molecule has 0 saturated heterocycles. The van der Waals surface area contributed by atoms with Crippen LogP contribution in [-0.2, 0) is 0 Å². The number of rotatable bonds is 3. The van der Waals surface area contributed by atoms with Crippen molar-refractivity contribution in [3.8, 4) is 0 Å². The molecule has 0 aromatic rings. The van der Waals surface area contributed by atoms with Crippen LogP contribution in [0.4, 0.5) is 0 Å². The summed E-state index contributed by atoms with van der Waals surface area (Å²) in [4.78, 5) is 0. The summed E-state index contributed by atoms with van der Waals surface area (Å²) in [5, 5.41) is 9.79. The molecule has 2 aliphatic rings. The maximum atomic E-state index is 9.79. The number of hydrogen-bond acceptors (Lipinski definition) is 1. The fraction of sp³-hybridized carbons (Fsp3) is 1.00. The Morgan fingerprint density at radius 2 is 1.93 bits per heavy atom. The summed E-state index contributed by atoms with van der Waals surface area (Å²) in [6.45, 7) is 4.79. The summed E-state index contributed by atoms with van der Waals surface area (Å²) < 4.78 is 0. The summed E-state index contributed by atoms with van der Waals surface area (Å²) in [6.07, 6.45) is 10.0. The van der Waals surface area contributed by atoms with Gasteiger partial charge in [0.1, 0.15) is 0 Å². The van der Waals surface area contributed by atoms with E-state index >= 15 is 0 Å². The summed E-state index contributed by atoms with van der Waals surface area (Å²) in [5.74, 6) is 0.892. The predicted molar refractivity (Wildman–Crippen MR) is 59.2 cm³/mol. The van der Waals surface area contributed by atoms with Crippen LogP contribution in [0, 0.1) is 11.3 Å². The third-order valence-corrected chi connectivity index (χ3v) is 4.15. The molecule has 0 spiro atoms. The van der Waals surface area contributed by atoms with E-state index in [2.05, 4.69) is 13.8 Å². The second-order valence-corrected chi connectivity index (χ2v) is 6.39. The van der Waals surface area contributed by atoms with Crippen molar-refractivity contribution in [1.82, 2.24) is 0 Å². The van der Waals surface area contributed by atoms with Crippen molar-refractivity contribution >= 4 is 0 Å². The SMILES string of the molecule is CC1(C)CCCC(CCC2(O)CC2)C1. The van der Waals surface area contributed by atoms with Gasteiger partial charge in [-0.2, -0.15) is 0 Å². The van der Waals surface area contributed by atoms with Gasteiger partial charge >= 0.3 is 0 Å². The number of aliphatic hydroxyl groups is 1. The molecule has 1 nitrogen and oxygen atoms in total. The summed E-state index contributed by atoms with van der Waals surface area (Å²) in [7, 11) is 0. The van der Waals surface area contributed by atoms with E-state index in [1.165, 1.54) is 32.1 Å². The van der Waals surface area contributed by atoms with Gasteiger partial charge in [-0.15, -0.1) is 0 Å². The first-order valence-corrected chi connectivity index (χ1v) is 6.22. The fourth-order valence-electron chi connectivity index (χ4n) is 2.97. The van der Waals surface area contributed by atoms with E-state index in [-0.39, 0.29) is 5.60 Å². The van der Waals surface area contributed by atoms with E-state index in [4.69, 9.17) is 0 Å². The van der Waals surface area contributed by atoms with Gasteiger partial charge in [0, 0.05) is 0 Å². The van der Waals surface area contributed by atoms with Crippen LogP contribution in [0.3, 0.4) is 0 Å². The molecular formula is C13H24O. The van der Waals surface area contributed by atoms with Gasteiger partial charge in [0.05, 0.1) is 5.60 Å².